The Bertz CT molecular complexity index is 717. The lowest BCUT2D eigenvalue weighted by Gasteiger charge is -2.31. The molecule has 130 valence electrons. The first kappa shape index (κ1) is 17.1. The standard InChI is InChI=1S/C19H26N2O3/c1-3-18(23)19-14(2)21(17-7-5-4-6-16(17)19)15(13-22)12-20-8-10-24-11-9-20/h4-7,15,22H,3,8-13H2,1-2H3. The molecule has 1 fully saturated rings. The predicted molar refractivity (Wildman–Crippen MR) is 94.7 cm³/mol. The zero-order chi connectivity index (χ0) is 17.1. The Balaban J connectivity index is 2.03. The molecule has 1 aliphatic heterocycles. The van der Waals surface area contributed by atoms with Gasteiger partial charge in [-0.15, -0.1) is 0 Å². The van der Waals surface area contributed by atoms with Crippen molar-refractivity contribution in [2.45, 2.75) is 26.3 Å². The second kappa shape index (κ2) is 7.47. The van der Waals surface area contributed by atoms with Gasteiger partial charge in [0.05, 0.1) is 25.9 Å². The summed E-state index contributed by atoms with van der Waals surface area (Å²) in [5, 5.41) is 11.0. The molecular formula is C19H26N2O3. The van der Waals surface area contributed by atoms with Crippen LogP contribution in [-0.2, 0) is 4.74 Å². The van der Waals surface area contributed by atoms with Gasteiger partial charge < -0.3 is 14.4 Å². The molecule has 0 saturated carbocycles. The monoisotopic (exact) mass is 330 g/mol. The Kier molecular flexibility index (Phi) is 5.33. The van der Waals surface area contributed by atoms with Crippen LogP contribution in [0.4, 0.5) is 0 Å². The quantitative estimate of drug-likeness (QED) is 0.827. The number of nitrogens with zero attached hydrogens (tertiary/aromatic N) is 2. The molecule has 1 aromatic carbocycles. The highest BCUT2D eigenvalue weighted by molar-refractivity contribution is 6.09. The number of aromatic nitrogens is 1. The number of Topliss-reactive ketones (excluding diaryl/α,β-unsaturated/α-hetero) is 1. The van der Waals surface area contributed by atoms with Crippen molar-refractivity contribution in [2.24, 2.45) is 0 Å². The van der Waals surface area contributed by atoms with Gasteiger partial charge in [-0.25, -0.2) is 0 Å². The van der Waals surface area contributed by atoms with E-state index in [1.165, 1.54) is 0 Å². The maximum absolute atomic E-state index is 12.5. The number of fused-ring (bicyclic) bond motifs is 1. The molecule has 2 aromatic rings. The molecule has 1 N–H and O–H groups in total. The molecule has 24 heavy (non-hydrogen) atoms. The Morgan fingerprint density at radius 3 is 2.67 bits per heavy atom. The molecule has 0 spiro atoms. The van der Waals surface area contributed by atoms with Crippen LogP contribution in [0.25, 0.3) is 10.9 Å². The van der Waals surface area contributed by atoms with Crippen LogP contribution >= 0.6 is 0 Å². The van der Waals surface area contributed by atoms with Crippen LogP contribution in [0, 0.1) is 6.92 Å². The highest BCUT2D eigenvalue weighted by Crippen LogP contribution is 2.30. The molecule has 1 saturated heterocycles. The fourth-order valence-corrected chi connectivity index (χ4v) is 3.69. The van der Waals surface area contributed by atoms with E-state index in [1.807, 2.05) is 38.1 Å². The van der Waals surface area contributed by atoms with Crippen molar-refractivity contribution in [1.29, 1.82) is 0 Å². The fraction of sp³-hybridized carbons (Fsp3) is 0.526. The lowest BCUT2D eigenvalue weighted by Crippen LogP contribution is -2.40. The Morgan fingerprint density at radius 2 is 2.00 bits per heavy atom. The van der Waals surface area contributed by atoms with Gasteiger partial charge in [0.25, 0.3) is 0 Å². The molecular weight excluding hydrogens is 304 g/mol. The summed E-state index contributed by atoms with van der Waals surface area (Å²) in [4.78, 5) is 14.8. The predicted octanol–water partition coefficient (Wildman–Crippen LogP) is 2.41. The van der Waals surface area contributed by atoms with E-state index >= 15 is 0 Å². The molecule has 2 heterocycles. The third-order valence-electron chi connectivity index (χ3n) is 4.90. The number of aliphatic hydroxyl groups is 1. The number of ketones is 1. The van der Waals surface area contributed by atoms with Gasteiger partial charge in [0.1, 0.15) is 0 Å². The molecule has 5 heteroatoms. The summed E-state index contributed by atoms with van der Waals surface area (Å²) in [5.41, 5.74) is 2.78. The van der Waals surface area contributed by atoms with Gasteiger partial charge in [-0.2, -0.15) is 0 Å². The highest BCUT2D eigenvalue weighted by atomic mass is 16.5. The number of hydrogen-bond acceptors (Lipinski definition) is 4. The first-order valence-electron chi connectivity index (χ1n) is 8.71. The summed E-state index contributed by atoms with van der Waals surface area (Å²) >= 11 is 0. The van der Waals surface area contributed by atoms with Gasteiger partial charge in [0.15, 0.2) is 5.78 Å². The lowest BCUT2D eigenvalue weighted by atomic mass is 10.1. The van der Waals surface area contributed by atoms with E-state index in [0.29, 0.717) is 6.42 Å². The first-order valence-corrected chi connectivity index (χ1v) is 8.71. The zero-order valence-corrected chi connectivity index (χ0v) is 14.5. The average molecular weight is 330 g/mol. The van der Waals surface area contributed by atoms with Crippen LogP contribution in [0.2, 0.25) is 0 Å². The Labute approximate surface area is 142 Å². The summed E-state index contributed by atoms with van der Waals surface area (Å²) in [6.45, 7) is 7.95. The van der Waals surface area contributed by atoms with E-state index in [2.05, 4.69) is 9.47 Å². The van der Waals surface area contributed by atoms with Crippen molar-refractivity contribution in [3.05, 3.63) is 35.5 Å². The molecule has 1 aliphatic rings. The maximum Gasteiger partial charge on any atom is 0.165 e. The topological polar surface area (TPSA) is 54.7 Å². The minimum atomic E-state index is -0.0635. The number of hydrogen-bond donors (Lipinski definition) is 1. The number of carbonyl (C=O) groups is 1. The number of rotatable bonds is 6. The summed E-state index contributed by atoms with van der Waals surface area (Å²) in [5.74, 6) is 0.158. The summed E-state index contributed by atoms with van der Waals surface area (Å²) in [6, 6.07) is 7.93. The van der Waals surface area contributed by atoms with Crippen molar-refractivity contribution >= 4 is 16.7 Å². The number of carbonyl (C=O) groups excluding carboxylic acids is 1. The van der Waals surface area contributed by atoms with E-state index in [4.69, 9.17) is 4.74 Å². The van der Waals surface area contributed by atoms with Gasteiger partial charge in [0, 0.05) is 48.2 Å². The van der Waals surface area contributed by atoms with Crippen LogP contribution in [0.1, 0.15) is 35.4 Å². The molecule has 1 unspecified atom stereocenters. The van der Waals surface area contributed by atoms with Crippen molar-refractivity contribution in [3.8, 4) is 0 Å². The Morgan fingerprint density at radius 1 is 1.29 bits per heavy atom. The van der Waals surface area contributed by atoms with E-state index in [9.17, 15) is 9.90 Å². The molecule has 5 nitrogen and oxygen atoms in total. The minimum Gasteiger partial charge on any atom is -0.394 e. The fourth-order valence-electron chi connectivity index (χ4n) is 3.69. The van der Waals surface area contributed by atoms with Crippen molar-refractivity contribution in [2.75, 3.05) is 39.5 Å². The van der Waals surface area contributed by atoms with E-state index in [1.54, 1.807) is 0 Å². The van der Waals surface area contributed by atoms with Crippen molar-refractivity contribution in [3.63, 3.8) is 0 Å². The van der Waals surface area contributed by atoms with E-state index in [-0.39, 0.29) is 18.4 Å². The summed E-state index contributed by atoms with van der Waals surface area (Å²) in [6.07, 6.45) is 0.488. The number of morpholine rings is 1. The second-order valence-electron chi connectivity index (χ2n) is 6.37. The van der Waals surface area contributed by atoms with E-state index in [0.717, 1.165) is 55.0 Å². The SMILES string of the molecule is CCC(=O)c1c(C)n(C(CO)CN2CCOCC2)c2ccccc12. The average Bonchev–Trinajstić information content (AvgIpc) is 2.92. The van der Waals surface area contributed by atoms with Gasteiger partial charge in [-0.1, -0.05) is 25.1 Å². The van der Waals surface area contributed by atoms with Crippen molar-refractivity contribution in [1.82, 2.24) is 9.47 Å². The molecule has 0 bridgehead atoms. The van der Waals surface area contributed by atoms with Gasteiger partial charge in [-0.3, -0.25) is 9.69 Å². The highest BCUT2D eigenvalue weighted by Gasteiger charge is 2.24. The van der Waals surface area contributed by atoms with Crippen LogP contribution in [-0.4, -0.2) is 59.8 Å². The van der Waals surface area contributed by atoms with Crippen LogP contribution < -0.4 is 0 Å². The van der Waals surface area contributed by atoms with Gasteiger partial charge in [-0.05, 0) is 13.0 Å². The normalized spacial score (nSPS) is 17.3. The largest absolute Gasteiger partial charge is 0.394 e. The summed E-state index contributed by atoms with van der Waals surface area (Å²) < 4.78 is 7.56. The molecule has 3 rings (SSSR count). The minimum absolute atomic E-state index is 0.0522. The van der Waals surface area contributed by atoms with E-state index < -0.39 is 0 Å². The Hall–Kier alpha value is -1.69. The van der Waals surface area contributed by atoms with Crippen LogP contribution in [0.5, 0.6) is 0 Å². The second-order valence-corrected chi connectivity index (χ2v) is 6.37. The number of ether oxygens (including phenoxy) is 1. The molecule has 0 radical (unpaired) electrons. The maximum atomic E-state index is 12.5. The third-order valence-corrected chi connectivity index (χ3v) is 4.90. The molecule has 1 aromatic heterocycles. The van der Waals surface area contributed by atoms with Crippen LogP contribution in [0.15, 0.2) is 24.3 Å². The molecule has 1 atom stereocenters. The van der Waals surface area contributed by atoms with Gasteiger partial charge in [0.2, 0.25) is 0 Å². The smallest absolute Gasteiger partial charge is 0.165 e. The van der Waals surface area contributed by atoms with Crippen molar-refractivity contribution < 1.29 is 14.6 Å². The lowest BCUT2D eigenvalue weighted by molar-refractivity contribution is 0.0271. The molecule has 0 amide bonds. The number of aliphatic hydroxyl groups excluding tert-OH is 1. The number of para-hydroxylation sites is 1. The third kappa shape index (κ3) is 3.11. The van der Waals surface area contributed by atoms with Gasteiger partial charge >= 0.3 is 0 Å². The summed E-state index contributed by atoms with van der Waals surface area (Å²) in [7, 11) is 0. The zero-order valence-electron chi connectivity index (χ0n) is 14.5. The molecule has 0 aliphatic carbocycles. The number of benzene rings is 1. The van der Waals surface area contributed by atoms with Crippen LogP contribution in [0.3, 0.4) is 0 Å². The first-order chi connectivity index (χ1) is 11.7.